The van der Waals surface area contributed by atoms with Gasteiger partial charge in [0.15, 0.2) is 5.82 Å². The molecule has 3 heterocycles. The van der Waals surface area contributed by atoms with E-state index in [0.717, 1.165) is 5.56 Å². The van der Waals surface area contributed by atoms with Gasteiger partial charge in [-0.05, 0) is 36.8 Å². The van der Waals surface area contributed by atoms with Gasteiger partial charge in [-0.25, -0.2) is 19.7 Å². The summed E-state index contributed by atoms with van der Waals surface area (Å²) in [7, 11) is 0. The Morgan fingerprint density at radius 1 is 1.09 bits per heavy atom. The molecule has 12 heteroatoms. The van der Waals surface area contributed by atoms with E-state index in [4.69, 9.17) is 27.9 Å². The highest BCUT2D eigenvalue weighted by Gasteiger charge is 2.19. The number of ether oxygens (including phenoxy) is 1. The highest BCUT2D eigenvalue weighted by Crippen LogP contribution is 2.34. The van der Waals surface area contributed by atoms with Gasteiger partial charge in [0.05, 0.1) is 21.8 Å². The molecule has 168 valence electrons. The van der Waals surface area contributed by atoms with Gasteiger partial charge in [0, 0.05) is 30.9 Å². The first kappa shape index (κ1) is 22.4. The van der Waals surface area contributed by atoms with Gasteiger partial charge in [-0.1, -0.05) is 23.2 Å². The van der Waals surface area contributed by atoms with E-state index in [9.17, 15) is 4.79 Å². The average molecular weight is 485 g/mol. The van der Waals surface area contributed by atoms with E-state index in [0.29, 0.717) is 28.2 Å². The van der Waals surface area contributed by atoms with Crippen LogP contribution in [0.15, 0.2) is 61.4 Å². The maximum Gasteiger partial charge on any atom is 0.319 e. The minimum absolute atomic E-state index is 0.264. The average Bonchev–Trinajstić information content (AvgIpc) is 3.31. The zero-order valence-corrected chi connectivity index (χ0v) is 18.8. The molecule has 33 heavy (non-hydrogen) atoms. The summed E-state index contributed by atoms with van der Waals surface area (Å²) in [4.78, 5) is 29.1. The minimum atomic E-state index is -0.509. The standard InChI is InChI=1S/C21H18Cl2N8O2/c1-13(19-27-12-28-31(19)20-25-5-2-6-26-20)29-21(32)30-17-10-18(16(23)9-15(17)22)33-11-14-3-7-24-8-4-14/h2-10,12-13H,11H2,1H3,(H2,29,30,32)/t13-/m0/s1. The van der Waals surface area contributed by atoms with Crippen LogP contribution in [0.2, 0.25) is 10.0 Å². The molecule has 0 saturated carbocycles. The lowest BCUT2D eigenvalue weighted by molar-refractivity contribution is 0.248. The Morgan fingerprint density at radius 3 is 2.61 bits per heavy atom. The molecule has 4 aromatic rings. The highest BCUT2D eigenvalue weighted by atomic mass is 35.5. The number of anilines is 1. The fourth-order valence-corrected chi connectivity index (χ4v) is 3.38. The lowest BCUT2D eigenvalue weighted by atomic mass is 10.2. The molecule has 0 saturated heterocycles. The van der Waals surface area contributed by atoms with Crippen LogP contribution in [0.25, 0.3) is 5.95 Å². The van der Waals surface area contributed by atoms with Crippen LogP contribution in [0.1, 0.15) is 24.4 Å². The number of carbonyl (C=O) groups is 1. The first-order valence-electron chi connectivity index (χ1n) is 9.77. The van der Waals surface area contributed by atoms with Crippen molar-refractivity contribution in [3.05, 3.63) is 82.9 Å². The number of carbonyl (C=O) groups excluding carboxylic acids is 1. The Kier molecular flexibility index (Phi) is 6.96. The summed E-state index contributed by atoms with van der Waals surface area (Å²) in [5, 5.41) is 10.2. The van der Waals surface area contributed by atoms with Crippen LogP contribution in [-0.4, -0.2) is 35.7 Å². The normalized spacial score (nSPS) is 11.6. The molecule has 0 radical (unpaired) electrons. The monoisotopic (exact) mass is 484 g/mol. The maximum absolute atomic E-state index is 12.6. The van der Waals surface area contributed by atoms with Crippen LogP contribution in [-0.2, 0) is 6.61 Å². The number of nitrogens with zero attached hydrogens (tertiary/aromatic N) is 6. The van der Waals surface area contributed by atoms with Crippen LogP contribution in [0.3, 0.4) is 0 Å². The molecule has 3 aromatic heterocycles. The van der Waals surface area contributed by atoms with Crippen LogP contribution >= 0.6 is 23.2 Å². The molecular weight excluding hydrogens is 467 g/mol. The molecule has 10 nitrogen and oxygen atoms in total. The van der Waals surface area contributed by atoms with Gasteiger partial charge >= 0.3 is 6.03 Å². The third-order valence-electron chi connectivity index (χ3n) is 4.46. The Balaban J connectivity index is 1.44. The molecule has 0 spiro atoms. The van der Waals surface area contributed by atoms with E-state index >= 15 is 0 Å². The number of benzene rings is 1. The Labute approximate surface area is 199 Å². The number of nitrogens with one attached hydrogen (secondary N) is 2. The maximum atomic E-state index is 12.6. The molecule has 0 aliphatic heterocycles. The second-order valence-corrected chi connectivity index (χ2v) is 7.62. The van der Waals surface area contributed by atoms with Gasteiger partial charge in [-0.15, -0.1) is 0 Å². The van der Waals surface area contributed by atoms with E-state index in [-0.39, 0.29) is 11.6 Å². The summed E-state index contributed by atoms with van der Waals surface area (Å²) in [5.41, 5.74) is 1.26. The van der Waals surface area contributed by atoms with Gasteiger partial charge in [-0.3, -0.25) is 4.98 Å². The van der Waals surface area contributed by atoms with Crippen molar-refractivity contribution < 1.29 is 9.53 Å². The number of amides is 2. The van der Waals surface area contributed by atoms with Crippen LogP contribution in [0.4, 0.5) is 10.5 Å². The van der Waals surface area contributed by atoms with Crippen molar-refractivity contribution in [3.8, 4) is 11.7 Å². The Hall–Kier alpha value is -3.76. The smallest absolute Gasteiger partial charge is 0.319 e. The number of hydrogen-bond acceptors (Lipinski definition) is 7. The number of aromatic nitrogens is 6. The van der Waals surface area contributed by atoms with Gasteiger partial charge < -0.3 is 15.4 Å². The number of rotatable bonds is 7. The van der Waals surface area contributed by atoms with Gasteiger partial charge in [-0.2, -0.15) is 9.78 Å². The zero-order valence-electron chi connectivity index (χ0n) is 17.3. The fraction of sp³-hybridized carbons (Fsp3) is 0.143. The van der Waals surface area contributed by atoms with Crippen LogP contribution in [0, 0.1) is 0 Å². The first-order chi connectivity index (χ1) is 16.0. The molecule has 0 fully saturated rings. The molecule has 0 bridgehead atoms. The van der Waals surface area contributed by atoms with Gasteiger partial charge in [0.1, 0.15) is 18.7 Å². The summed E-state index contributed by atoms with van der Waals surface area (Å²) in [6.07, 6.45) is 7.89. The second-order valence-electron chi connectivity index (χ2n) is 6.81. The quantitative estimate of drug-likeness (QED) is 0.402. The summed E-state index contributed by atoms with van der Waals surface area (Å²) >= 11 is 12.5. The largest absolute Gasteiger partial charge is 0.487 e. The zero-order chi connectivity index (χ0) is 23.2. The Morgan fingerprint density at radius 2 is 1.85 bits per heavy atom. The molecule has 1 aromatic carbocycles. The van der Waals surface area contributed by atoms with E-state index in [1.807, 2.05) is 12.1 Å². The summed E-state index contributed by atoms with van der Waals surface area (Å²) < 4.78 is 7.23. The predicted octanol–water partition coefficient (Wildman–Crippen LogP) is 4.22. The van der Waals surface area contributed by atoms with Crippen LogP contribution in [0.5, 0.6) is 5.75 Å². The van der Waals surface area contributed by atoms with Crippen molar-refractivity contribution in [3.63, 3.8) is 0 Å². The van der Waals surface area contributed by atoms with Crippen molar-refractivity contribution >= 4 is 34.9 Å². The third kappa shape index (κ3) is 5.54. The van der Waals surface area contributed by atoms with E-state index in [1.54, 1.807) is 43.8 Å². The highest BCUT2D eigenvalue weighted by molar-refractivity contribution is 6.37. The SMILES string of the molecule is C[C@H](NC(=O)Nc1cc(OCc2ccncc2)c(Cl)cc1Cl)c1ncnn1-c1ncccn1. The molecular formula is C21H18Cl2N8O2. The Bertz CT molecular complexity index is 1240. The van der Waals surface area contributed by atoms with Gasteiger partial charge in [0.25, 0.3) is 5.95 Å². The summed E-state index contributed by atoms with van der Waals surface area (Å²) in [5.74, 6) is 1.18. The van der Waals surface area contributed by atoms with Crippen molar-refractivity contribution in [2.24, 2.45) is 0 Å². The number of halogens is 2. The summed E-state index contributed by atoms with van der Waals surface area (Å²) in [6.45, 7) is 2.04. The number of hydrogen-bond donors (Lipinski definition) is 2. The van der Waals surface area contributed by atoms with E-state index < -0.39 is 12.1 Å². The molecule has 2 N–H and O–H groups in total. The van der Waals surface area contributed by atoms with Crippen molar-refractivity contribution in [1.82, 2.24) is 35.0 Å². The lowest BCUT2D eigenvalue weighted by Gasteiger charge is -2.16. The third-order valence-corrected chi connectivity index (χ3v) is 5.07. The van der Waals surface area contributed by atoms with E-state index in [1.165, 1.54) is 17.1 Å². The molecule has 0 unspecified atom stereocenters. The number of pyridine rings is 1. The van der Waals surface area contributed by atoms with Gasteiger partial charge in [0.2, 0.25) is 0 Å². The molecule has 4 rings (SSSR count). The molecule has 0 aliphatic rings. The van der Waals surface area contributed by atoms with Crippen molar-refractivity contribution in [2.75, 3.05) is 5.32 Å². The lowest BCUT2D eigenvalue weighted by Crippen LogP contribution is -2.32. The van der Waals surface area contributed by atoms with Crippen molar-refractivity contribution in [2.45, 2.75) is 19.6 Å². The molecule has 0 aliphatic carbocycles. The first-order valence-corrected chi connectivity index (χ1v) is 10.5. The van der Waals surface area contributed by atoms with E-state index in [2.05, 4.69) is 35.7 Å². The topological polar surface area (TPSA) is 120 Å². The van der Waals surface area contributed by atoms with Crippen LogP contribution < -0.4 is 15.4 Å². The second kappa shape index (κ2) is 10.2. The summed E-state index contributed by atoms with van der Waals surface area (Å²) in [6, 6.07) is 7.41. The van der Waals surface area contributed by atoms with Crippen molar-refractivity contribution in [1.29, 1.82) is 0 Å². The molecule has 1 atom stereocenters. The minimum Gasteiger partial charge on any atom is -0.487 e. The predicted molar refractivity (Wildman–Crippen MR) is 123 cm³/mol. The molecule has 2 amide bonds. The fourth-order valence-electron chi connectivity index (χ4n) is 2.90. The number of urea groups is 1.